The van der Waals surface area contributed by atoms with Crippen LogP contribution in [0.2, 0.25) is 0 Å². The lowest BCUT2D eigenvalue weighted by Crippen LogP contribution is -2.42. The number of unbranched alkanes of at least 4 members (excludes halogenated alkanes) is 1. The van der Waals surface area contributed by atoms with E-state index >= 15 is 0 Å². The second-order valence-electron chi connectivity index (χ2n) is 5.99. The maximum atomic E-state index is 12.3. The van der Waals surface area contributed by atoms with Crippen molar-refractivity contribution in [2.24, 2.45) is 5.92 Å². The molecular formula is C15H25NO3. The van der Waals surface area contributed by atoms with Gasteiger partial charge >= 0.3 is 6.09 Å². The van der Waals surface area contributed by atoms with E-state index < -0.39 is 6.09 Å². The van der Waals surface area contributed by atoms with Crippen LogP contribution in [0.15, 0.2) is 0 Å². The number of ether oxygens (including phenoxy) is 1. The highest BCUT2D eigenvalue weighted by molar-refractivity contribution is 5.93. The van der Waals surface area contributed by atoms with Crippen molar-refractivity contribution >= 4 is 12.0 Å². The zero-order valence-electron chi connectivity index (χ0n) is 12.1. The molecule has 4 heteroatoms. The lowest BCUT2D eigenvalue weighted by Gasteiger charge is -2.27. The molecule has 0 aromatic carbocycles. The van der Waals surface area contributed by atoms with Crippen LogP contribution in [-0.2, 0) is 9.53 Å². The van der Waals surface area contributed by atoms with Gasteiger partial charge in [-0.1, -0.05) is 39.5 Å². The standard InChI is InChI=1S/C15H25NO3/c1-3-4-7-11(2)10-14(17)16-12-8-5-6-9-13(12)19-15(16)18/h11-13H,3-10H2,1-2H3/t11-,12-,13-/m0/s1. The number of carbonyl (C=O) groups excluding carboxylic acids is 2. The van der Waals surface area contributed by atoms with Gasteiger partial charge in [0.05, 0.1) is 6.04 Å². The summed E-state index contributed by atoms with van der Waals surface area (Å²) < 4.78 is 5.33. The molecule has 4 nitrogen and oxygen atoms in total. The molecule has 1 saturated heterocycles. The minimum Gasteiger partial charge on any atom is -0.444 e. The van der Waals surface area contributed by atoms with E-state index in [0.29, 0.717) is 12.3 Å². The van der Waals surface area contributed by atoms with E-state index in [-0.39, 0.29) is 18.1 Å². The smallest absolute Gasteiger partial charge is 0.417 e. The van der Waals surface area contributed by atoms with Crippen LogP contribution in [0.5, 0.6) is 0 Å². The summed E-state index contributed by atoms with van der Waals surface area (Å²) in [5, 5.41) is 0. The Bertz CT molecular complexity index is 342. The van der Waals surface area contributed by atoms with Crippen LogP contribution in [0.1, 0.15) is 65.2 Å². The topological polar surface area (TPSA) is 46.6 Å². The Balaban J connectivity index is 1.92. The maximum Gasteiger partial charge on any atom is 0.417 e. The second-order valence-corrected chi connectivity index (χ2v) is 5.99. The van der Waals surface area contributed by atoms with Crippen LogP contribution in [-0.4, -0.2) is 29.0 Å². The number of fused-ring (bicyclic) bond motifs is 1. The van der Waals surface area contributed by atoms with Gasteiger partial charge in [0.2, 0.25) is 5.91 Å². The number of rotatable bonds is 5. The SMILES string of the molecule is CCCC[C@H](C)CC(=O)N1C(=O)O[C@H]2CCCC[C@@H]21. The second kappa shape index (κ2) is 6.40. The first-order valence-corrected chi connectivity index (χ1v) is 7.66. The van der Waals surface area contributed by atoms with Crippen molar-refractivity contribution in [3.05, 3.63) is 0 Å². The van der Waals surface area contributed by atoms with Gasteiger partial charge in [0, 0.05) is 6.42 Å². The Hall–Kier alpha value is -1.06. The third-order valence-corrected chi connectivity index (χ3v) is 4.29. The van der Waals surface area contributed by atoms with Crippen LogP contribution in [0.25, 0.3) is 0 Å². The fourth-order valence-corrected chi connectivity index (χ4v) is 3.17. The number of nitrogens with zero attached hydrogens (tertiary/aromatic N) is 1. The molecule has 0 spiro atoms. The summed E-state index contributed by atoms with van der Waals surface area (Å²) in [6.07, 6.45) is 7.37. The Morgan fingerprint density at radius 3 is 2.89 bits per heavy atom. The van der Waals surface area contributed by atoms with Crippen LogP contribution in [0.4, 0.5) is 4.79 Å². The van der Waals surface area contributed by atoms with E-state index in [2.05, 4.69) is 13.8 Å². The molecule has 0 unspecified atom stereocenters. The Morgan fingerprint density at radius 2 is 2.16 bits per heavy atom. The quantitative estimate of drug-likeness (QED) is 0.766. The van der Waals surface area contributed by atoms with E-state index in [1.807, 2.05) is 0 Å². The molecule has 0 bridgehead atoms. The predicted molar refractivity (Wildman–Crippen MR) is 72.7 cm³/mol. The van der Waals surface area contributed by atoms with E-state index in [9.17, 15) is 9.59 Å². The third-order valence-electron chi connectivity index (χ3n) is 4.29. The van der Waals surface area contributed by atoms with Crippen LogP contribution in [0.3, 0.4) is 0 Å². The molecule has 0 aromatic heterocycles. The van der Waals surface area contributed by atoms with Gasteiger partial charge < -0.3 is 4.74 Å². The molecule has 1 aliphatic carbocycles. The maximum absolute atomic E-state index is 12.3. The lowest BCUT2D eigenvalue weighted by molar-refractivity contribution is -0.130. The van der Waals surface area contributed by atoms with Gasteiger partial charge in [-0.15, -0.1) is 0 Å². The van der Waals surface area contributed by atoms with Gasteiger partial charge in [-0.05, 0) is 25.2 Å². The summed E-state index contributed by atoms with van der Waals surface area (Å²) >= 11 is 0. The van der Waals surface area contributed by atoms with Crippen molar-refractivity contribution in [2.75, 3.05) is 0 Å². The number of hydrogen-bond donors (Lipinski definition) is 0. The van der Waals surface area contributed by atoms with Crippen LogP contribution in [0, 0.1) is 5.92 Å². The first-order chi connectivity index (χ1) is 9.13. The molecular weight excluding hydrogens is 242 g/mol. The number of imide groups is 1. The zero-order chi connectivity index (χ0) is 13.8. The van der Waals surface area contributed by atoms with Crippen LogP contribution < -0.4 is 0 Å². The summed E-state index contributed by atoms with van der Waals surface area (Å²) in [5.74, 6) is 0.311. The summed E-state index contributed by atoms with van der Waals surface area (Å²) in [6.45, 7) is 4.24. The Labute approximate surface area is 115 Å². The van der Waals surface area contributed by atoms with Crippen molar-refractivity contribution in [2.45, 2.75) is 77.4 Å². The number of carbonyl (C=O) groups is 2. The van der Waals surface area contributed by atoms with Crippen molar-refractivity contribution in [3.8, 4) is 0 Å². The third kappa shape index (κ3) is 3.28. The zero-order valence-corrected chi connectivity index (χ0v) is 12.1. The van der Waals surface area contributed by atoms with Crippen molar-refractivity contribution in [3.63, 3.8) is 0 Å². The van der Waals surface area contributed by atoms with Gasteiger partial charge in [0.25, 0.3) is 0 Å². The molecule has 2 aliphatic rings. The number of hydrogen-bond acceptors (Lipinski definition) is 3. The molecule has 2 fully saturated rings. The van der Waals surface area contributed by atoms with E-state index in [0.717, 1.165) is 44.9 Å². The molecule has 0 aromatic rings. The monoisotopic (exact) mass is 267 g/mol. The van der Waals surface area contributed by atoms with Gasteiger partial charge in [-0.25, -0.2) is 9.69 Å². The lowest BCUT2D eigenvalue weighted by atomic mass is 9.91. The highest BCUT2D eigenvalue weighted by atomic mass is 16.6. The van der Waals surface area contributed by atoms with Gasteiger partial charge in [0.1, 0.15) is 6.10 Å². The van der Waals surface area contributed by atoms with Gasteiger partial charge in [0.15, 0.2) is 0 Å². The van der Waals surface area contributed by atoms with E-state index in [1.165, 1.54) is 4.90 Å². The summed E-state index contributed by atoms with van der Waals surface area (Å²) in [6, 6.07) is 0.00660. The molecule has 19 heavy (non-hydrogen) atoms. The largest absolute Gasteiger partial charge is 0.444 e. The van der Waals surface area contributed by atoms with Gasteiger partial charge in [-0.2, -0.15) is 0 Å². The highest BCUT2D eigenvalue weighted by Gasteiger charge is 2.45. The minimum absolute atomic E-state index is 0.00660. The summed E-state index contributed by atoms with van der Waals surface area (Å²) in [4.78, 5) is 25.6. The molecule has 108 valence electrons. The minimum atomic E-state index is -0.412. The average Bonchev–Trinajstić information content (AvgIpc) is 2.72. The van der Waals surface area contributed by atoms with Gasteiger partial charge in [-0.3, -0.25) is 4.79 Å². The fourth-order valence-electron chi connectivity index (χ4n) is 3.17. The molecule has 2 rings (SSSR count). The van der Waals surface area contributed by atoms with Crippen LogP contribution >= 0.6 is 0 Å². The molecule has 3 atom stereocenters. The first kappa shape index (κ1) is 14.4. The summed E-state index contributed by atoms with van der Waals surface area (Å²) in [5.41, 5.74) is 0. The molecule has 0 N–H and O–H groups in total. The molecule has 0 radical (unpaired) electrons. The molecule has 1 aliphatic heterocycles. The van der Waals surface area contributed by atoms with Crippen molar-refractivity contribution in [1.29, 1.82) is 0 Å². The Kier molecular flexibility index (Phi) is 4.83. The Morgan fingerprint density at radius 1 is 1.42 bits per heavy atom. The summed E-state index contributed by atoms with van der Waals surface area (Å²) in [7, 11) is 0. The predicted octanol–water partition coefficient (Wildman–Crippen LogP) is 3.49. The molecule has 1 saturated carbocycles. The fraction of sp³-hybridized carbons (Fsp3) is 0.867. The van der Waals surface area contributed by atoms with E-state index in [4.69, 9.17) is 4.74 Å². The molecule has 1 heterocycles. The van der Waals surface area contributed by atoms with E-state index in [1.54, 1.807) is 0 Å². The van der Waals surface area contributed by atoms with Crippen molar-refractivity contribution in [1.82, 2.24) is 4.90 Å². The highest BCUT2D eigenvalue weighted by Crippen LogP contribution is 2.32. The first-order valence-electron chi connectivity index (χ1n) is 7.66. The molecule has 2 amide bonds. The number of amides is 2. The average molecular weight is 267 g/mol. The normalized spacial score (nSPS) is 27.9. The van der Waals surface area contributed by atoms with Crippen molar-refractivity contribution < 1.29 is 14.3 Å².